The van der Waals surface area contributed by atoms with Crippen molar-refractivity contribution in [3.63, 3.8) is 0 Å². The van der Waals surface area contributed by atoms with Crippen molar-refractivity contribution in [3.8, 4) is 0 Å². The molecule has 0 bridgehead atoms. The Morgan fingerprint density at radius 2 is 1.70 bits per heavy atom. The molecule has 5 rings (SSSR count). The maximum atomic E-state index is 13.4. The number of imide groups is 1. The molecule has 0 unspecified atom stereocenters. The molecule has 0 aliphatic carbocycles. The number of aryl methyl sites for hydroxylation is 1. The summed E-state index contributed by atoms with van der Waals surface area (Å²) < 4.78 is 0. The average molecular weight is 435 g/mol. The molecule has 0 radical (unpaired) electrons. The van der Waals surface area contributed by atoms with Gasteiger partial charge in [-0.2, -0.15) is 0 Å². The molecule has 2 amide bonds. The van der Waals surface area contributed by atoms with E-state index in [1.165, 1.54) is 16.7 Å². The van der Waals surface area contributed by atoms with Crippen molar-refractivity contribution >= 4 is 46.7 Å². The number of fused-ring (bicyclic) bond motifs is 2. The van der Waals surface area contributed by atoms with E-state index in [0.29, 0.717) is 10.7 Å². The number of anilines is 1. The third-order valence-electron chi connectivity index (χ3n) is 5.46. The van der Waals surface area contributed by atoms with Gasteiger partial charge in [-0.15, -0.1) is 0 Å². The van der Waals surface area contributed by atoms with Crippen molar-refractivity contribution in [2.75, 3.05) is 4.90 Å². The molecular formula is C23H18N2O3S2. The number of thioether (sulfide) groups is 1. The molecule has 2 aliphatic heterocycles. The second-order valence-corrected chi connectivity index (χ2v) is 9.58. The predicted octanol–water partition coefficient (Wildman–Crippen LogP) is 4.21. The molecule has 1 saturated heterocycles. The maximum Gasteiger partial charge on any atom is 0.305 e. The maximum absolute atomic E-state index is 13.4. The lowest BCUT2D eigenvalue weighted by molar-refractivity contribution is -0.122. The summed E-state index contributed by atoms with van der Waals surface area (Å²) in [6, 6.07) is 17.2. The van der Waals surface area contributed by atoms with Crippen molar-refractivity contribution in [1.29, 1.82) is 0 Å². The van der Waals surface area contributed by atoms with Gasteiger partial charge < -0.3 is 4.98 Å². The minimum absolute atomic E-state index is 0.166. The molecule has 1 N–H and O–H groups in total. The summed E-state index contributed by atoms with van der Waals surface area (Å²) in [5, 5.41) is 0.142. The highest BCUT2D eigenvalue weighted by Crippen LogP contribution is 2.51. The summed E-state index contributed by atoms with van der Waals surface area (Å²) >= 11 is 2.42. The second kappa shape index (κ2) is 7.41. The van der Waals surface area contributed by atoms with E-state index in [9.17, 15) is 14.4 Å². The molecule has 30 heavy (non-hydrogen) atoms. The number of hydrogen-bond acceptors (Lipinski definition) is 5. The standard InChI is InChI=1S/C23H18N2O3S2/c1-13-7-10-15(11-8-13)25-21(26)17-16(12-9-14-5-3-2-4-6-14)18-20(24-23(28)30-18)29-19(17)22(25)27/h2-12,16-17,19H,1H3,(H,24,28)/b12-9+/t16-,17+,19-/m0/s1. The van der Waals surface area contributed by atoms with Crippen molar-refractivity contribution < 1.29 is 9.59 Å². The number of aromatic amines is 1. The first kappa shape index (κ1) is 19.1. The molecular weight excluding hydrogens is 416 g/mol. The molecule has 1 aromatic heterocycles. The Morgan fingerprint density at radius 3 is 2.43 bits per heavy atom. The lowest BCUT2D eigenvalue weighted by Crippen LogP contribution is -2.31. The summed E-state index contributed by atoms with van der Waals surface area (Å²) in [7, 11) is 0. The average Bonchev–Trinajstić information content (AvgIpc) is 3.24. The zero-order valence-electron chi connectivity index (χ0n) is 16.1. The first-order chi connectivity index (χ1) is 14.5. The van der Waals surface area contributed by atoms with Gasteiger partial charge in [0, 0.05) is 10.8 Å². The normalized spacial score (nSPS) is 23.1. The fraction of sp³-hybridized carbons (Fsp3) is 0.174. The number of allylic oxidation sites excluding steroid dienone is 1. The minimum atomic E-state index is -0.554. The molecule has 1 fully saturated rings. The number of benzene rings is 2. The van der Waals surface area contributed by atoms with Gasteiger partial charge in [-0.25, -0.2) is 4.90 Å². The van der Waals surface area contributed by atoms with Crippen LogP contribution in [0.25, 0.3) is 6.08 Å². The Kier molecular flexibility index (Phi) is 4.72. The first-order valence-corrected chi connectivity index (χ1v) is 11.3. The van der Waals surface area contributed by atoms with Gasteiger partial charge in [0.05, 0.1) is 16.6 Å². The van der Waals surface area contributed by atoms with E-state index in [-0.39, 0.29) is 22.6 Å². The van der Waals surface area contributed by atoms with Crippen LogP contribution in [0.2, 0.25) is 0 Å². The van der Waals surface area contributed by atoms with Crippen molar-refractivity contribution in [2.45, 2.75) is 23.1 Å². The molecule has 3 heterocycles. The van der Waals surface area contributed by atoms with Gasteiger partial charge >= 0.3 is 4.87 Å². The number of carbonyl (C=O) groups excluding carboxylic acids is 2. The Balaban J connectivity index is 1.57. The second-order valence-electron chi connectivity index (χ2n) is 7.42. The smallest absolute Gasteiger partial charge is 0.305 e. The third-order valence-corrected chi connectivity index (χ3v) is 7.88. The van der Waals surface area contributed by atoms with E-state index in [1.807, 2.05) is 61.5 Å². The fourth-order valence-corrected chi connectivity index (χ4v) is 6.48. The summed E-state index contributed by atoms with van der Waals surface area (Å²) in [6.45, 7) is 1.96. The number of amides is 2. The summed E-state index contributed by atoms with van der Waals surface area (Å²) in [5.41, 5.74) is 2.66. The van der Waals surface area contributed by atoms with Crippen LogP contribution in [0, 0.1) is 12.8 Å². The van der Waals surface area contributed by atoms with Crippen LogP contribution in [0.3, 0.4) is 0 Å². The number of nitrogens with zero attached hydrogens (tertiary/aromatic N) is 1. The number of hydrogen-bond donors (Lipinski definition) is 1. The van der Waals surface area contributed by atoms with Gasteiger partial charge in [0.1, 0.15) is 5.25 Å². The summed E-state index contributed by atoms with van der Waals surface area (Å²) in [5.74, 6) is -1.31. The van der Waals surface area contributed by atoms with Crippen LogP contribution in [-0.2, 0) is 9.59 Å². The Labute approximate surface area is 181 Å². The first-order valence-electron chi connectivity index (χ1n) is 9.60. The van der Waals surface area contributed by atoms with E-state index < -0.39 is 11.2 Å². The predicted molar refractivity (Wildman–Crippen MR) is 120 cm³/mol. The highest BCUT2D eigenvalue weighted by atomic mass is 32.2. The van der Waals surface area contributed by atoms with Crippen LogP contribution in [0.4, 0.5) is 5.69 Å². The number of nitrogens with one attached hydrogen (secondary N) is 1. The molecule has 2 aliphatic rings. The Morgan fingerprint density at radius 1 is 0.967 bits per heavy atom. The van der Waals surface area contributed by atoms with Crippen LogP contribution in [0.15, 0.2) is 70.5 Å². The highest BCUT2D eigenvalue weighted by molar-refractivity contribution is 8.00. The van der Waals surface area contributed by atoms with Crippen LogP contribution in [-0.4, -0.2) is 22.0 Å². The van der Waals surface area contributed by atoms with Gasteiger partial charge in [-0.3, -0.25) is 14.4 Å². The van der Waals surface area contributed by atoms with E-state index in [2.05, 4.69) is 4.98 Å². The number of aromatic nitrogens is 1. The molecule has 2 aromatic carbocycles. The zero-order valence-corrected chi connectivity index (χ0v) is 17.7. The van der Waals surface area contributed by atoms with Crippen molar-refractivity contribution in [2.24, 2.45) is 5.92 Å². The molecule has 0 saturated carbocycles. The van der Waals surface area contributed by atoms with Crippen LogP contribution < -0.4 is 9.77 Å². The van der Waals surface area contributed by atoms with E-state index in [0.717, 1.165) is 27.3 Å². The number of carbonyl (C=O) groups is 2. The topological polar surface area (TPSA) is 70.2 Å². The SMILES string of the molecule is Cc1ccc(N2C(=O)[C@H]3[C@H](Sc4[nH]c(=O)sc4[C@H]3/C=C/c3ccccc3)C2=O)cc1. The van der Waals surface area contributed by atoms with E-state index >= 15 is 0 Å². The number of H-pyrrole nitrogens is 1. The van der Waals surface area contributed by atoms with Crippen molar-refractivity contribution in [1.82, 2.24) is 4.98 Å². The van der Waals surface area contributed by atoms with E-state index in [1.54, 1.807) is 12.1 Å². The molecule has 3 atom stereocenters. The largest absolute Gasteiger partial charge is 0.307 e. The number of rotatable bonds is 3. The monoisotopic (exact) mass is 434 g/mol. The quantitative estimate of drug-likeness (QED) is 0.627. The molecule has 7 heteroatoms. The summed E-state index contributed by atoms with van der Waals surface area (Å²) in [6.07, 6.45) is 3.91. The lowest BCUT2D eigenvalue weighted by Gasteiger charge is -2.27. The van der Waals surface area contributed by atoms with Gasteiger partial charge in [0.2, 0.25) is 11.8 Å². The van der Waals surface area contributed by atoms with Crippen LogP contribution in [0.1, 0.15) is 21.9 Å². The van der Waals surface area contributed by atoms with E-state index in [4.69, 9.17) is 0 Å². The molecule has 150 valence electrons. The van der Waals surface area contributed by atoms with Gasteiger partial charge in [-0.1, -0.05) is 83.3 Å². The lowest BCUT2D eigenvalue weighted by atomic mass is 9.88. The van der Waals surface area contributed by atoms with Crippen molar-refractivity contribution in [3.05, 3.63) is 86.3 Å². The van der Waals surface area contributed by atoms with Gasteiger partial charge in [0.15, 0.2) is 0 Å². The Hall–Kier alpha value is -2.90. The number of thiazole rings is 1. The van der Waals surface area contributed by atoms with Gasteiger partial charge in [0.25, 0.3) is 0 Å². The zero-order chi connectivity index (χ0) is 20.8. The van der Waals surface area contributed by atoms with Crippen LogP contribution in [0.5, 0.6) is 0 Å². The third kappa shape index (κ3) is 3.14. The van der Waals surface area contributed by atoms with Gasteiger partial charge in [-0.05, 0) is 24.6 Å². The minimum Gasteiger partial charge on any atom is -0.307 e. The molecule has 0 spiro atoms. The Bertz CT molecular complexity index is 1210. The molecule has 5 nitrogen and oxygen atoms in total. The highest BCUT2D eigenvalue weighted by Gasteiger charge is 2.55. The van der Waals surface area contributed by atoms with Crippen LogP contribution >= 0.6 is 23.1 Å². The molecule has 3 aromatic rings. The fourth-order valence-electron chi connectivity index (χ4n) is 3.99. The summed E-state index contributed by atoms with van der Waals surface area (Å²) in [4.78, 5) is 43.5.